The van der Waals surface area contributed by atoms with Crippen LogP contribution in [0.4, 0.5) is 11.4 Å². The Morgan fingerprint density at radius 1 is 1.50 bits per heavy atom. The summed E-state index contributed by atoms with van der Waals surface area (Å²) < 4.78 is 24.8. The van der Waals surface area contributed by atoms with Gasteiger partial charge < -0.3 is 5.73 Å². The van der Waals surface area contributed by atoms with Gasteiger partial charge in [0.15, 0.2) is 0 Å². The van der Waals surface area contributed by atoms with E-state index in [4.69, 9.17) is 17.3 Å². The number of benzene rings is 1. The first-order valence-corrected chi connectivity index (χ1v) is 6.03. The second-order valence-corrected chi connectivity index (χ2v) is 5.16. The first-order valence-electron chi connectivity index (χ1n) is 4.00. The molecule has 6 heteroatoms. The maximum Gasteiger partial charge on any atom is 0.232 e. The second kappa shape index (κ2) is 4.06. The summed E-state index contributed by atoms with van der Waals surface area (Å²) in [5.41, 5.74) is 6.31. The van der Waals surface area contributed by atoms with Gasteiger partial charge in [-0.25, -0.2) is 8.42 Å². The first kappa shape index (κ1) is 11.1. The number of nitrogen functional groups attached to an aromatic ring is 1. The molecule has 78 valence electrons. The summed E-state index contributed by atoms with van der Waals surface area (Å²) >= 11 is 5.79. The number of hydrogen-bond acceptors (Lipinski definition) is 3. The molecule has 0 saturated carbocycles. The molecule has 1 rings (SSSR count). The number of nitrogens with two attached hydrogens (primary N) is 1. The summed E-state index contributed by atoms with van der Waals surface area (Å²) in [5.74, 6) is 0.00764. The summed E-state index contributed by atoms with van der Waals surface area (Å²) in [6, 6.07) is 4.61. The molecule has 0 unspecified atom stereocenters. The van der Waals surface area contributed by atoms with Crippen molar-refractivity contribution in [2.75, 3.05) is 16.2 Å². The summed E-state index contributed by atoms with van der Waals surface area (Å²) in [7, 11) is -3.28. The van der Waals surface area contributed by atoms with Crippen molar-refractivity contribution in [1.82, 2.24) is 0 Å². The molecule has 0 atom stereocenters. The molecule has 0 aliphatic heterocycles. The van der Waals surface area contributed by atoms with Crippen molar-refractivity contribution < 1.29 is 8.42 Å². The molecule has 0 heterocycles. The number of hydrogen-bond donors (Lipinski definition) is 2. The van der Waals surface area contributed by atoms with Gasteiger partial charge in [-0.3, -0.25) is 4.72 Å². The van der Waals surface area contributed by atoms with E-state index in [1.165, 1.54) is 12.1 Å². The zero-order valence-corrected chi connectivity index (χ0v) is 9.19. The third-order valence-electron chi connectivity index (χ3n) is 1.64. The average Bonchev–Trinajstić information content (AvgIpc) is 2.10. The molecule has 0 aromatic heterocycles. The molecule has 4 nitrogen and oxygen atoms in total. The van der Waals surface area contributed by atoms with Crippen molar-refractivity contribution in [3.63, 3.8) is 0 Å². The predicted octanol–water partition coefficient (Wildman–Crippen LogP) is 1.68. The molecular formula is C8H11ClN2O2S. The molecule has 0 aliphatic rings. The standard InChI is InChI=1S/C8H11ClN2O2S/c1-2-14(12,13)11-8-4-3-6(10)5-7(8)9/h3-5,11H,2,10H2,1H3. The van der Waals surface area contributed by atoms with Crippen LogP contribution in [-0.4, -0.2) is 14.2 Å². The average molecular weight is 235 g/mol. The molecule has 14 heavy (non-hydrogen) atoms. The fourth-order valence-corrected chi connectivity index (χ4v) is 1.80. The normalized spacial score (nSPS) is 11.3. The van der Waals surface area contributed by atoms with Gasteiger partial charge in [-0.15, -0.1) is 0 Å². The van der Waals surface area contributed by atoms with Gasteiger partial charge in [0.25, 0.3) is 0 Å². The smallest absolute Gasteiger partial charge is 0.232 e. The van der Waals surface area contributed by atoms with Gasteiger partial charge in [0.1, 0.15) is 0 Å². The summed E-state index contributed by atoms with van der Waals surface area (Å²) in [5, 5.41) is 0.294. The molecule has 0 bridgehead atoms. The highest BCUT2D eigenvalue weighted by Gasteiger charge is 2.09. The molecule has 1 aromatic carbocycles. The SMILES string of the molecule is CCS(=O)(=O)Nc1ccc(N)cc1Cl. The topological polar surface area (TPSA) is 72.2 Å². The zero-order valence-electron chi connectivity index (χ0n) is 7.62. The van der Waals surface area contributed by atoms with Gasteiger partial charge in [-0.1, -0.05) is 11.6 Å². The van der Waals surface area contributed by atoms with E-state index in [9.17, 15) is 8.42 Å². The van der Waals surface area contributed by atoms with Gasteiger partial charge in [0, 0.05) is 5.69 Å². The second-order valence-electron chi connectivity index (χ2n) is 2.74. The zero-order chi connectivity index (χ0) is 10.8. The Labute approximate surface area is 88.1 Å². The van der Waals surface area contributed by atoms with E-state index in [1.807, 2.05) is 0 Å². The van der Waals surface area contributed by atoms with Crippen molar-refractivity contribution in [1.29, 1.82) is 0 Å². The van der Waals surface area contributed by atoms with E-state index in [1.54, 1.807) is 13.0 Å². The number of sulfonamides is 1. The fourth-order valence-electron chi connectivity index (χ4n) is 0.854. The van der Waals surface area contributed by atoms with E-state index in [0.717, 1.165) is 0 Å². The molecule has 0 aliphatic carbocycles. The van der Waals surface area contributed by atoms with Crippen LogP contribution in [0.1, 0.15) is 6.92 Å². The van der Waals surface area contributed by atoms with E-state index in [-0.39, 0.29) is 5.75 Å². The van der Waals surface area contributed by atoms with Gasteiger partial charge >= 0.3 is 0 Å². The Kier molecular flexibility index (Phi) is 3.23. The predicted molar refractivity (Wildman–Crippen MR) is 58.9 cm³/mol. The fraction of sp³-hybridized carbons (Fsp3) is 0.250. The summed E-state index contributed by atoms with van der Waals surface area (Å²) in [6.07, 6.45) is 0. The minimum atomic E-state index is -3.28. The molecular weight excluding hydrogens is 224 g/mol. The van der Waals surface area contributed by atoms with Crippen LogP contribution in [0.3, 0.4) is 0 Å². The number of nitrogens with one attached hydrogen (secondary N) is 1. The van der Waals surface area contributed by atoms with Crippen LogP contribution in [0, 0.1) is 0 Å². The third kappa shape index (κ3) is 2.78. The number of halogens is 1. The maximum atomic E-state index is 11.2. The Bertz CT molecular complexity index is 431. The van der Waals surface area contributed by atoms with E-state index in [0.29, 0.717) is 16.4 Å². The van der Waals surface area contributed by atoms with Crippen LogP contribution in [0.2, 0.25) is 5.02 Å². The van der Waals surface area contributed by atoms with E-state index < -0.39 is 10.0 Å². The lowest BCUT2D eigenvalue weighted by molar-refractivity contribution is 0.602. The van der Waals surface area contributed by atoms with Gasteiger partial charge in [0.05, 0.1) is 16.5 Å². The van der Waals surface area contributed by atoms with Crippen LogP contribution in [-0.2, 0) is 10.0 Å². The molecule has 0 amide bonds. The Morgan fingerprint density at radius 3 is 2.64 bits per heavy atom. The highest BCUT2D eigenvalue weighted by Crippen LogP contribution is 2.24. The number of anilines is 2. The first-order chi connectivity index (χ1) is 6.44. The van der Waals surface area contributed by atoms with Gasteiger partial charge in [-0.2, -0.15) is 0 Å². The highest BCUT2D eigenvalue weighted by atomic mass is 35.5. The van der Waals surface area contributed by atoms with Crippen molar-refractivity contribution in [3.05, 3.63) is 23.2 Å². The van der Waals surface area contributed by atoms with Crippen LogP contribution in [0.15, 0.2) is 18.2 Å². The van der Waals surface area contributed by atoms with Crippen molar-refractivity contribution >= 4 is 33.0 Å². The van der Waals surface area contributed by atoms with Gasteiger partial charge in [0.2, 0.25) is 10.0 Å². The van der Waals surface area contributed by atoms with Crippen LogP contribution in [0.5, 0.6) is 0 Å². The molecule has 1 aromatic rings. The maximum absolute atomic E-state index is 11.2. The van der Waals surface area contributed by atoms with Crippen LogP contribution < -0.4 is 10.5 Å². The minimum absolute atomic E-state index is 0.00764. The Balaban J connectivity index is 2.99. The van der Waals surface area contributed by atoms with Gasteiger partial charge in [-0.05, 0) is 25.1 Å². The quantitative estimate of drug-likeness (QED) is 0.782. The molecule has 0 radical (unpaired) electrons. The number of rotatable bonds is 3. The highest BCUT2D eigenvalue weighted by molar-refractivity contribution is 7.92. The van der Waals surface area contributed by atoms with Crippen LogP contribution >= 0.6 is 11.6 Å². The van der Waals surface area contributed by atoms with E-state index >= 15 is 0 Å². The van der Waals surface area contributed by atoms with E-state index in [2.05, 4.69) is 4.72 Å². The lowest BCUT2D eigenvalue weighted by Gasteiger charge is -2.07. The minimum Gasteiger partial charge on any atom is -0.399 e. The monoisotopic (exact) mass is 234 g/mol. The lowest BCUT2D eigenvalue weighted by Crippen LogP contribution is -2.14. The molecule has 0 saturated heterocycles. The van der Waals surface area contributed by atoms with Crippen LogP contribution in [0.25, 0.3) is 0 Å². The molecule has 0 spiro atoms. The third-order valence-corrected chi connectivity index (χ3v) is 3.24. The Morgan fingerprint density at radius 2 is 2.14 bits per heavy atom. The largest absolute Gasteiger partial charge is 0.399 e. The van der Waals surface area contributed by atoms with Crippen molar-refractivity contribution in [2.45, 2.75) is 6.92 Å². The van der Waals surface area contributed by atoms with Crippen molar-refractivity contribution in [2.24, 2.45) is 0 Å². The molecule has 0 fully saturated rings. The summed E-state index contributed by atoms with van der Waals surface area (Å²) in [6.45, 7) is 1.55. The summed E-state index contributed by atoms with van der Waals surface area (Å²) in [4.78, 5) is 0. The molecule has 3 N–H and O–H groups in total. The lowest BCUT2D eigenvalue weighted by atomic mass is 10.3. The Hall–Kier alpha value is -0.940. The van der Waals surface area contributed by atoms with Crippen molar-refractivity contribution in [3.8, 4) is 0 Å².